The predicted octanol–water partition coefficient (Wildman–Crippen LogP) is 2.01. The first kappa shape index (κ1) is 11.8. The number of hydrogen-bond donors (Lipinski definition) is 1. The predicted molar refractivity (Wildman–Crippen MR) is 56.1 cm³/mol. The van der Waals surface area contributed by atoms with Gasteiger partial charge in [-0.2, -0.15) is 0 Å². The van der Waals surface area contributed by atoms with E-state index in [2.05, 4.69) is 0 Å². The van der Waals surface area contributed by atoms with Gasteiger partial charge in [0, 0.05) is 0 Å². The summed E-state index contributed by atoms with van der Waals surface area (Å²) in [4.78, 5) is 11.4. The third-order valence-corrected chi connectivity index (χ3v) is 1.72. The lowest BCUT2D eigenvalue weighted by Gasteiger charge is -2.20. The van der Waals surface area contributed by atoms with Crippen molar-refractivity contribution >= 4 is 5.97 Å². The Bertz CT molecular complexity index is 311. The molecule has 0 aromatic carbocycles. The number of furan rings is 1. The summed E-state index contributed by atoms with van der Waals surface area (Å²) in [6, 6.07) is 3.05. The number of rotatable bonds is 3. The van der Waals surface area contributed by atoms with Crippen molar-refractivity contribution in [2.24, 2.45) is 5.73 Å². The molecule has 4 heteroatoms. The van der Waals surface area contributed by atoms with Crippen LogP contribution in [0.25, 0.3) is 0 Å². The molecule has 1 atom stereocenters. The Morgan fingerprint density at radius 2 is 2.27 bits per heavy atom. The van der Waals surface area contributed by atoms with Gasteiger partial charge in [0.2, 0.25) is 0 Å². The highest BCUT2D eigenvalue weighted by atomic mass is 16.6. The van der Waals surface area contributed by atoms with Crippen LogP contribution in [-0.2, 0) is 9.53 Å². The molecule has 84 valence electrons. The summed E-state index contributed by atoms with van der Waals surface area (Å²) in [5.41, 5.74) is 5.29. The third kappa shape index (κ3) is 4.16. The fourth-order valence-electron chi connectivity index (χ4n) is 1.17. The van der Waals surface area contributed by atoms with Crippen LogP contribution in [0.3, 0.4) is 0 Å². The zero-order valence-corrected chi connectivity index (χ0v) is 9.32. The lowest BCUT2D eigenvalue weighted by molar-refractivity contribution is -0.155. The summed E-state index contributed by atoms with van der Waals surface area (Å²) in [6.07, 6.45) is 1.66. The minimum atomic E-state index is -0.472. The van der Waals surface area contributed by atoms with Crippen LogP contribution in [0, 0.1) is 0 Å². The molecule has 0 aliphatic carbocycles. The van der Waals surface area contributed by atoms with Gasteiger partial charge in [-0.05, 0) is 32.9 Å². The second-order valence-electron chi connectivity index (χ2n) is 4.41. The molecule has 15 heavy (non-hydrogen) atoms. The van der Waals surface area contributed by atoms with Gasteiger partial charge in [-0.15, -0.1) is 0 Å². The van der Waals surface area contributed by atoms with Crippen molar-refractivity contribution in [3.63, 3.8) is 0 Å². The van der Waals surface area contributed by atoms with Crippen molar-refractivity contribution in [1.29, 1.82) is 0 Å². The minimum Gasteiger partial charge on any atom is -0.468 e. The van der Waals surface area contributed by atoms with E-state index >= 15 is 0 Å². The molecule has 0 aliphatic rings. The normalized spacial score (nSPS) is 13.6. The highest BCUT2D eigenvalue weighted by molar-refractivity contribution is 5.70. The van der Waals surface area contributed by atoms with Crippen molar-refractivity contribution in [3.05, 3.63) is 24.2 Å². The van der Waals surface area contributed by atoms with Gasteiger partial charge in [-0.1, -0.05) is 0 Å². The maximum Gasteiger partial charge on any atom is 0.308 e. The summed E-state index contributed by atoms with van der Waals surface area (Å²) in [5, 5.41) is 0. The first-order valence-electron chi connectivity index (χ1n) is 4.89. The van der Waals surface area contributed by atoms with Crippen LogP contribution < -0.4 is 5.73 Å². The first-order chi connectivity index (χ1) is 6.88. The van der Waals surface area contributed by atoms with Crippen LogP contribution in [0.15, 0.2) is 22.8 Å². The summed E-state index contributed by atoms with van der Waals surface area (Å²) in [5.74, 6) is 0.284. The maximum absolute atomic E-state index is 11.4. The van der Waals surface area contributed by atoms with E-state index < -0.39 is 11.6 Å². The van der Waals surface area contributed by atoms with Crippen LogP contribution >= 0.6 is 0 Å². The Balaban J connectivity index is 2.45. The Kier molecular flexibility index (Phi) is 3.52. The zero-order valence-electron chi connectivity index (χ0n) is 9.32. The Hall–Kier alpha value is -1.29. The van der Waals surface area contributed by atoms with E-state index in [9.17, 15) is 4.79 Å². The highest BCUT2D eigenvalue weighted by Gasteiger charge is 2.20. The summed E-state index contributed by atoms with van der Waals surface area (Å²) in [6.45, 7) is 5.47. The van der Waals surface area contributed by atoms with Gasteiger partial charge in [-0.3, -0.25) is 4.79 Å². The molecule has 2 N–H and O–H groups in total. The SMILES string of the molecule is CC(C)(C)OC(=O)C[C@H](N)c1ccco1. The van der Waals surface area contributed by atoms with Gasteiger partial charge in [0.05, 0.1) is 18.7 Å². The van der Waals surface area contributed by atoms with Crippen molar-refractivity contribution in [2.45, 2.75) is 38.8 Å². The van der Waals surface area contributed by atoms with Crippen molar-refractivity contribution in [2.75, 3.05) is 0 Å². The second-order valence-corrected chi connectivity index (χ2v) is 4.41. The lowest BCUT2D eigenvalue weighted by Crippen LogP contribution is -2.26. The number of ether oxygens (including phenoxy) is 1. The van der Waals surface area contributed by atoms with E-state index in [0.29, 0.717) is 5.76 Å². The summed E-state index contributed by atoms with van der Waals surface area (Å²) < 4.78 is 10.2. The maximum atomic E-state index is 11.4. The van der Waals surface area contributed by atoms with Gasteiger partial charge in [-0.25, -0.2) is 0 Å². The number of carbonyl (C=O) groups excluding carboxylic acids is 1. The molecule has 0 fully saturated rings. The van der Waals surface area contributed by atoms with E-state index in [4.69, 9.17) is 14.9 Å². The molecular weight excluding hydrogens is 194 g/mol. The number of esters is 1. The Labute approximate surface area is 89.4 Å². The van der Waals surface area contributed by atoms with E-state index in [1.165, 1.54) is 6.26 Å². The van der Waals surface area contributed by atoms with Crippen LogP contribution in [0.1, 0.15) is 39.0 Å². The minimum absolute atomic E-state index is 0.130. The molecule has 0 aliphatic heterocycles. The van der Waals surface area contributed by atoms with Crippen LogP contribution in [0.5, 0.6) is 0 Å². The molecule has 0 bridgehead atoms. The molecular formula is C11H17NO3. The molecule has 1 rings (SSSR count). The van der Waals surface area contributed by atoms with Gasteiger partial charge in [0.1, 0.15) is 11.4 Å². The molecule has 0 amide bonds. The third-order valence-electron chi connectivity index (χ3n) is 1.72. The molecule has 0 saturated carbocycles. The highest BCUT2D eigenvalue weighted by Crippen LogP contribution is 2.17. The fraction of sp³-hybridized carbons (Fsp3) is 0.545. The van der Waals surface area contributed by atoms with E-state index in [0.717, 1.165) is 0 Å². The summed E-state index contributed by atoms with van der Waals surface area (Å²) in [7, 11) is 0. The van der Waals surface area contributed by atoms with Gasteiger partial charge in [0.15, 0.2) is 0 Å². The van der Waals surface area contributed by atoms with E-state index in [-0.39, 0.29) is 12.4 Å². The van der Waals surface area contributed by atoms with Crippen molar-refractivity contribution in [1.82, 2.24) is 0 Å². The fourth-order valence-corrected chi connectivity index (χ4v) is 1.17. The lowest BCUT2D eigenvalue weighted by atomic mass is 10.1. The largest absolute Gasteiger partial charge is 0.468 e. The molecule has 0 spiro atoms. The monoisotopic (exact) mass is 211 g/mol. The first-order valence-corrected chi connectivity index (χ1v) is 4.89. The number of nitrogens with two attached hydrogens (primary N) is 1. The van der Waals surface area contributed by atoms with E-state index in [1.807, 2.05) is 20.8 Å². The average Bonchev–Trinajstić information content (AvgIpc) is 2.50. The molecule has 0 unspecified atom stereocenters. The standard InChI is InChI=1S/C11H17NO3/c1-11(2,3)15-10(13)7-8(12)9-5-4-6-14-9/h4-6,8H,7,12H2,1-3H3/t8-/m0/s1. The van der Waals surface area contributed by atoms with Crippen molar-refractivity contribution in [3.8, 4) is 0 Å². The molecule has 0 radical (unpaired) electrons. The van der Waals surface area contributed by atoms with Gasteiger partial charge in [0.25, 0.3) is 0 Å². The van der Waals surface area contributed by atoms with E-state index in [1.54, 1.807) is 12.1 Å². The van der Waals surface area contributed by atoms with Gasteiger partial charge >= 0.3 is 5.97 Å². The molecule has 1 heterocycles. The van der Waals surface area contributed by atoms with Crippen molar-refractivity contribution < 1.29 is 13.9 Å². The zero-order chi connectivity index (χ0) is 11.5. The number of hydrogen-bond acceptors (Lipinski definition) is 4. The molecule has 1 aromatic heterocycles. The van der Waals surface area contributed by atoms with Gasteiger partial charge < -0.3 is 14.9 Å². The second kappa shape index (κ2) is 4.49. The van der Waals surface area contributed by atoms with Crippen LogP contribution in [-0.4, -0.2) is 11.6 Å². The van der Waals surface area contributed by atoms with Crippen LogP contribution in [0.4, 0.5) is 0 Å². The average molecular weight is 211 g/mol. The summed E-state index contributed by atoms with van der Waals surface area (Å²) >= 11 is 0. The Morgan fingerprint density at radius 1 is 1.60 bits per heavy atom. The molecule has 1 aromatic rings. The topological polar surface area (TPSA) is 65.5 Å². The van der Waals surface area contributed by atoms with Crippen LogP contribution in [0.2, 0.25) is 0 Å². The quantitative estimate of drug-likeness (QED) is 0.777. The smallest absolute Gasteiger partial charge is 0.308 e. The Morgan fingerprint density at radius 3 is 2.73 bits per heavy atom. The number of carbonyl (C=O) groups is 1. The molecule has 4 nitrogen and oxygen atoms in total. The molecule has 0 saturated heterocycles.